The molecule has 0 aliphatic rings. The second-order valence-electron chi connectivity index (χ2n) is 4.55. The summed E-state index contributed by atoms with van der Waals surface area (Å²) in [5.41, 5.74) is 1.20. The molecule has 0 saturated carbocycles. The van der Waals surface area contributed by atoms with Gasteiger partial charge in [-0.25, -0.2) is 0 Å². The van der Waals surface area contributed by atoms with E-state index in [1.807, 2.05) is 0 Å². The van der Waals surface area contributed by atoms with Crippen LogP contribution in [0.25, 0.3) is 0 Å². The average molecular weight is 357 g/mol. The minimum absolute atomic E-state index is 0. The normalized spacial score (nSPS) is 10.9. The predicted octanol–water partition coefficient (Wildman–Crippen LogP) is 4.57. The summed E-state index contributed by atoms with van der Waals surface area (Å²) in [7, 11) is 0. The maximum absolute atomic E-state index is 12.4. The summed E-state index contributed by atoms with van der Waals surface area (Å²) in [4.78, 5) is 11.7. The highest BCUT2D eigenvalue weighted by Crippen LogP contribution is 2.40. The molecule has 1 aromatic rings. The summed E-state index contributed by atoms with van der Waals surface area (Å²) in [6, 6.07) is 5.92. The van der Waals surface area contributed by atoms with Gasteiger partial charge in [-0.05, 0) is 43.3 Å². The number of thioether (sulfide) groups is 1. The molecule has 1 rings (SSSR count). The molecule has 3 nitrogen and oxygen atoms in total. The van der Waals surface area contributed by atoms with Crippen LogP contribution in [0, 0.1) is 0 Å². The first-order chi connectivity index (χ1) is 9.92. The Morgan fingerprint density at radius 2 is 1.77 bits per heavy atom. The van der Waals surface area contributed by atoms with E-state index in [1.54, 1.807) is 6.07 Å². The Kier molecular flexibility index (Phi) is 10.3. The van der Waals surface area contributed by atoms with Crippen molar-refractivity contribution in [1.82, 2.24) is 0 Å². The lowest BCUT2D eigenvalue weighted by atomic mass is 10.1. The molecular formula is C14H20ClF3N2OS. The predicted molar refractivity (Wildman–Crippen MR) is 86.4 cm³/mol. The zero-order chi connectivity index (χ0) is 15.7. The molecule has 0 unspecified atom stereocenters. The molecule has 0 heterocycles. The molecule has 8 heteroatoms. The van der Waals surface area contributed by atoms with Crippen molar-refractivity contribution in [1.29, 1.82) is 0 Å². The van der Waals surface area contributed by atoms with Crippen LogP contribution in [0.1, 0.15) is 32.1 Å². The van der Waals surface area contributed by atoms with Crippen LogP contribution in [0.3, 0.4) is 0 Å². The van der Waals surface area contributed by atoms with Gasteiger partial charge in [-0.2, -0.15) is 13.2 Å². The van der Waals surface area contributed by atoms with Crippen molar-refractivity contribution in [3.05, 3.63) is 24.3 Å². The van der Waals surface area contributed by atoms with Crippen molar-refractivity contribution >= 4 is 35.8 Å². The molecule has 0 saturated heterocycles. The lowest BCUT2D eigenvalue weighted by Crippen LogP contribution is -2.12. The first kappa shape index (κ1) is 21.1. The van der Waals surface area contributed by atoms with Gasteiger partial charge in [0.05, 0.1) is 5.69 Å². The molecule has 3 N–H and O–H groups in total. The van der Waals surface area contributed by atoms with Crippen LogP contribution >= 0.6 is 24.2 Å². The Hall–Kier alpha value is -0.920. The fourth-order valence-electron chi connectivity index (χ4n) is 1.78. The Labute approximate surface area is 138 Å². The number of carbonyl (C=O) groups excluding carboxylic acids is 1. The number of nitrogens with two attached hydrogens (primary N) is 1. The molecule has 0 atom stereocenters. The van der Waals surface area contributed by atoms with E-state index in [0.717, 1.165) is 19.3 Å². The summed E-state index contributed by atoms with van der Waals surface area (Å²) in [6.45, 7) is 0.633. The Morgan fingerprint density at radius 1 is 1.14 bits per heavy atom. The number of para-hydroxylation sites is 1. The van der Waals surface area contributed by atoms with E-state index in [1.165, 1.54) is 18.2 Å². The van der Waals surface area contributed by atoms with Crippen LogP contribution in [0.5, 0.6) is 0 Å². The molecule has 0 bridgehead atoms. The third kappa shape index (κ3) is 9.17. The van der Waals surface area contributed by atoms with E-state index in [4.69, 9.17) is 5.73 Å². The third-order valence-corrected chi connectivity index (χ3v) is 3.55. The number of amides is 1. The number of hydrogen-bond donors (Lipinski definition) is 2. The van der Waals surface area contributed by atoms with Crippen molar-refractivity contribution in [2.24, 2.45) is 5.73 Å². The summed E-state index contributed by atoms with van der Waals surface area (Å²) in [5, 5.41) is 2.54. The van der Waals surface area contributed by atoms with E-state index >= 15 is 0 Å². The Bertz CT molecular complexity index is 458. The molecule has 1 amide bonds. The van der Waals surface area contributed by atoms with Crippen molar-refractivity contribution < 1.29 is 18.0 Å². The molecule has 22 heavy (non-hydrogen) atoms. The number of halogens is 4. The van der Waals surface area contributed by atoms with Gasteiger partial charge in [0.15, 0.2) is 0 Å². The first-order valence-electron chi connectivity index (χ1n) is 6.77. The zero-order valence-corrected chi connectivity index (χ0v) is 13.6. The second-order valence-corrected chi connectivity index (χ2v) is 5.65. The molecule has 0 aliphatic heterocycles. The smallest absolute Gasteiger partial charge is 0.330 e. The molecule has 1 aromatic carbocycles. The van der Waals surface area contributed by atoms with E-state index in [2.05, 4.69) is 5.32 Å². The highest BCUT2D eigenvalue weighted by Gasteiger charge is 2.30. The number of alkyl halides is 3. The van der Waals surface area contributed by atoms with Gasteiger partial charge in [0, 0.05) is 11.3 Å². The van der Waals surface area contributed by atoms with E-state index in [0.29, 0.717) is 19.4 Å². The lowest BCUT2D eigenvalue weighted by molar-refractivity contribution is -0.116. The quantitative estimate of drug-likeness (QED) is 0.530. The Morgan fingerprint density at radius 3 is 2.41 bits per heavy atom. The minimum atomic E-state index is -4.37. The number of rotatable bonds is 8. The first-order valence-corrected chi connectivity index (χ1v) is 7.58. The summed E-state index contributed by atoms with van der Waals surface area (Å²) in [5.74, 6) is -0.266. The topological polar surface area (TPSA) is 55.1 Å². The highest BCUT2D eigenvalue weighted by atomic mass is 35.5. The van der Waals surface area contributed by atoms with Crippen LogP contribution in [-0.2, 0) is 4.79 Å². The monoisotopic (exact) mass is 356 g/mol. The van der Waals surface area contributed by atoms with Crippen LogP contribution in [0.15, 0.2) is 29.2 Å². The second kappa shape index (κ2) is 10.7. The van der Waals surface area contributed by atoms with Gasteiger partial charge in [-0.1, -0.05) is 25.0 Å². The van der Waals surface area contributed by atoms with E-state index < -0.39 is 5.51 Å². The van der Waals surface area contributed by atoms with Gasteiger partial charge in [0.25, 0.3) is 0 Å². The Balaban J connectivity index is 0.00000441. The molecule has 0 fully saturated rings. The molecule has 0 spiro atoms. The number of hydrogen-bond acceptors (Lipinski definition) is 3. The molecule has 126 valence electrons. The minimum Gasteiger partial charge on any atom is -0.330 e. The van der Waals surface area contributed by atoms with Gasteiger partial charge in [-0.15, -0.1) is 12.4 Å². The van der Waals surface area contributed by atoms with Crippen molar-refractivity contribution in [3.63, 3.8) is 0 Å². The summed E-state index contributed by atoms with van der Waals surface area (Å²) < 4.78 is 37.3. The number of benzene rings is 1. The van der Waals surface area contributed by atoms with Gasteiger partial charge >= 0.3 is 5.51 Å². The fourth-order valence-corrected chi connectivity index (χ4v) is 2.40. The van der Waals surface area contributed by atoms with Gasteiger partial charge < -0.3 is 11.1 Å². The number of carbonyl (C=O) groups is 1. The van der Waals surface area contributed by atoms with Gasteiger partial charge in [0.1, 0.15) is 0 Å². The SMILES string of the molecule is Cl.NCCCCCCC(=O)Nc1ccccc1SC(F)(F)F. The average Bonchev–Trinajstić information content (AvgIpc) is 2.39. The van der Waals surface area contributed by atoms with E-state index in [9.17, 15) is 18.0 Å². The summed E-state index contributed by atoms with van der Waals surface area (Å²) in [6.07, 6.45) is 3.79. The standard InChI is InChI=1S/C14H19F3N2OS.ClH/c15-14(16,17)21-12-8-5-4-7-11(12)19-13(20)9-3-1-2-6-10-18;/h4-5,7-8H,1-3,6,9-10,18H2,(H,19,20);1H. The zero-order valence-electron chi connectivity index (χ0n) is 12.0. The number of nitrogens with one attached hydrogen (secondary N) is 1. The number of unbranched alkanes of at least 4 members (excludes halogenated alkanes) is 3. The third-order valence-electron chi connectivity index (χ3n) is 2.74. The molecular weight excluding hydrogens is 337 g/mol. The van der Waals surface area contributed by atoms with Crippen LogP contribution in [-0.4, -0.2) is 18.0 Å². The van der Waals surface area contributed by atoms with Gasteiger partial charge in [-0.3, -0.25) is 4.79 Å². The van der Waals surface area contributed by atoms with Crippen LogP contribution in [0.4, 0.5) is 18.9 Å². The van der Waals surface area contributed by atoms with Crippen LogP contribution < -0.4 is 11.1 Å². The molecule has 0 aromatic heterocycles. The summed E-state index contributed by atoms with van der Waals surface area (Å²) >= 11 is -0.224. The highest BCUT2D eigenvalue weighted by molar-refractivity contribution is 8.00. The largest absolute Gasteiger partial charge is 0.446 e. The molecule has 0 aliphatic carbocycles. The fraction of sp³-hybridized carbons (Fsp3) is 0.500. The van der Waals surface area contributed by atoms with Crippen molar-refractivity contribution in [2.75, 3.05) is 11.9 Å². The lowest BCUT2D eigenvalue weighted by Gasteiger charge is -2.12. The maximum atomic E-state index is 12.4. The van der Waals surface area contributed by atoms with Crippen LogP contribution in [0.2, 0.25) is 0 Å². The van der Waals surface area contributed by atoms with Crippen molar-refractivity contribution in [2.45, 2.75) is 42.5 Å². The maximum Gasteiger partial charge on any atom is 0.446 e. The van der Waals surface area contributed by atoms with Gasteiger partial charge in [0.2, 0.25) is 5.91 Å². The van der Waals surface area contributed by atoms with Crippen molar-refractivity contribution in [3.8, 4) is 0 Å². The molecule has 0 radical (unpaired) electrons. The number of anilines is 1. The van der Waals surface area contributed by atoms with E-state index in [-0.39, 0.29) is 40.7 Å².